The van der Waals surface area contributed by atoms with Crippen LogP contribution in [0.15, 0.2) is 35.9 Å². The fourth-order valence-electron chi connectivity index (χ4n) is 4.65. The molecule has 2 fully saturated rings. The van der Waals surface area contributed by atoms with Gasteiger partial charge in [-0.1, -0.05) is 12.1 Å². The summed E-state index contributed by atoms with van der Waals surface area (Å²) in [4.78, 5) is 28.5. The lowest BCUT2D eigenvalue weighted by Crippen LogP contribution is -2.50. The molecule has 2 aliphatic heterocycles. The minimum atomic E-state index is -2.82. The van der Waals surface area contributed by atoms with Crippen LogP contribution in [0.5, 0.6) is 0 Å². The zero-order valence-corrected chi connectivity index (χ0v) is 21.4. The quantitative estimate of drug-likeness (QED) is 0.264. The van der Waals surface area contributed by atoms with Crippen LogP contribution in [0.1, 0.15) is 38.7 Å². The summed E-state index contributed by atoms with van der Waals surface area (Å²) in [6, 6.07) is 7.22. The third-order valence-electron chi connectivity index (χ3n) is 6.80. The third kappa shape index (κ3) is 7.96. The van der Waals surface area contributed by atoms with Crippen LogP contribution < -0.4 is 5.32 Å². The summed E-state index contributed by atoms with van der Waals surface area (Å²) in [6.45, 7) is 3.36. The molecule has 0 radical (unpaired) electrons. The number of rotatable bonds is 8. The first-order chi connectivity index (χ1) is 17.8. The molecule has 0 bridgehead atoms. The lowest BCUT2D eigenvalue weighted by molar-refractivity contribution is -0.129. The fourth-order valence-corrected chi connectivity index (χ4v) is 4.65. The summed E-state index contributed by atoms with van der Waals surface area (Å²) in [5.41, 5.74) is -0.564. The Kier molecular flexibility index (Phi) is 9.46. The summed E-state index contributed by atoms with van der Waals surface area (Å²) in [7, 11) is -1.90. The van der Waals surface area contributed by atoms with Gasteiger partial charge in [-0.3, -0.25) is 9.69 Å². The van der Waals surface area contributed by atoms with E-state index in [2.05, 4.69) is 5.32 Å². The molecule has 2 aliphatic rings. The fraction of sp³-hybridized carbons (Fsp3) is 0.560. The lowest BCUT2D eigenvalue weighted by atomic mass is 9.76. The van der Waals surface area contributed by atoms with Gasteiger partial charge in [0.15, 0.2) is 0 Å². The van der Waals surface area contributed by atoms with Crippen molar-refractivity contribution in [1.82, 2.24) is 15.1 Å². The van der Waals surface area contributed by atoms with Crippen molar-refractivity contribution in [3.63, 3.8) is 0 Å². The number of halogens is 3. The number of carbonyl (C=O) groups is 2. The number of nitriles is 1. The van der Waals surface area contributed by atoms with Crippen molar-refractivity contribution in [3.8, 4) is 6.07 Å². The Morgan fingerprint density at radius 2 is 2.00 bits per heavy atom. The number of piperidine rings is 1. The number of carbonyl (C=O) groups excluding carboxylic acids is 2. The number of hydrogen-bond acceptors (Lipinski definition) is 7. The van der Waals surface area contributed by atoms with E-state index in [1.807, 2.05) is 6.07 Å². The number of likely N-dealkylation sites (tertiary alicyclic amines) is 2. The van der Waals surface area contributed by atoms with Crippen LogP contribution in [0.2, 0.25) is 0 Å². The van der Waals surface area contributed by atoms with E-state index in [-0.39, 0.29) is 31.5 Å². The number of ether oxygens (including phenoxy) is 1. The van der Waals surface area contributed by atoms with E-state index in [0.717, 1.165) is 0 Å². The summed E-state index contributed by atoms with van der Waals surface area (Å²) >= 11 is 0. The number of benzene rings is 1. The van der Waals surface area contributed by atoms with Crippen molar-refractivity contribution in [3.05, 3.63) is 47.3 Å². The molecule has 0 aromatic heterocycles. The number of alkyl halides is 2. The smallest absolute Gasteiger partial charge is 0.444 e. The third-order valence-corrected chi connectivity index (χ3v) is 6.80. The summed E-state index contributed by atoms with van der Waals surface area (Å²) in [5, 5.41) is 31.3. The Labute approximate surface area is 220 Å². The monoisotopic (exact) mass is 536 g/mol. The largest absolute Gasteiger partial charge is 0.475 e. The number of amides is 2. The Hall–Kier alpha value is -3.08. The van der Waals surface area contributed by atoms with Gasteiger partial charge in [0.1, 0.15) is 23.6 Å². The van der Waals surface area contributed by atoms with Gasteiger partial charge in [-0.15, -0.1) is 0 Å². The maximum Gasteiger partial charge on any atom is 0.475 e. The lowest BCUT2D eigenvalue weighted by Gasteiger charge is -2.35. The van der Waals surface area contributed by atoms with Crippen LogP contribution in [0.3, 0.4) is 0 Å². The van der Waals surface area contributed by atoms with Crippen LogP contribution in [0.25, 0.3) is 0 Å². The Bertz CT molecular complexity index is 1080. The molecule has 0 saturated carbocycles. The van der Waals surface area contributed by atoms with Crippen molar-refractivity contribution >= 4 is 19.1 Å². The zero-order valence-electron chi connectivity index (χ0n) is 21.4. The predicted octanol–water partition coefficient (Wildman–Crippen LogP) is 2.04. The molecule has 2 atom stereocenters. The van der Waals surface area contributed by atoms with Crippen LogP contribution >= 0.6 is 0 Å². The van der Waals surface area contributed by atoms with Gasteiger partial charge < -0.3 is 25.0 Å². The standard InChI is InChI=1S/C25H32BF3N4O5/c1-24(2,33-11-9-25(28,29)16-33)13-18(14-30)22(34)32-10-3-4-20(15-32)38-23(35)31-21(26(36)37)12-17-5-7-19(27)8-6-17/h5-8,13,20-21,36-37H,3-4,9-12,15-16H2,1-2H3,(H,31,35)/b18-13+/t20-,21-/m0/s1. The highest BCUT2D eigenvalue weighted by molar-refractivity contribution is 6.43. The van der Waals surface area contributed by atoms with Gasteiger partial charge in [0, 0.05) is 25.0 Å². The van der Waals surface area contributed by atoms with E-state index >= 15 is 0 Å². The molecule has 2 amide bonds. The molecule has 1 aromatic rings. The van der Waals surface area contributed by atoms with Crippen molar-refractivity contribution in [2.24, 2.45) is 0 Å². The molecular formula is C25H32BF3N4O5. The first-order valence-electron chi connectivity index (χ1n) is 12.4. The maximum atomic E-state index is 13.7. The highest BCUT2D eigenvalue weighted by Gasteiger charge is 2.43. The maximum absolute atomic E-state index is 13.7. The molecule has 3 N–H and O–H groups in total. The number of nitrogens with one attached hydrogen (secondary N) is 1. The number of alkyl carbamates (subject to hydrolysis) is 1. The summed E-state index contributed by atoms with van der Waals surface area (Å²) in [6.07, 6.45) is 0.434. The van der Waals surface area contributed by atoms with Gasteiger partial charge in [-0.05, 0) is 56.9 Å². The Morgan fingerprint density at radius 3 is 2.58 bits per heavy atom. The molecule has 2 saturated heterocycles. The van der Waals surface area contributed by atoms with Gasteiger partial charge in [0.25, 0.3) is 11.8 Å². The Morgan fingerprint density at radius 1 is 1.32 bits per heavy atom. The van der Waals surface area contributed by atoms with Gasteiger partial charge in [-0.2, -0.15) is 5.26 Å². The second-order valence-electron chi connectivity index (χ2n) is 10.3. The zero-order chi connectivity index (χ0) is 28.1. The normalized spacial score (nSPS) is 20.9. The molecule has 206 valence electrons. The van der Waals surface area contributed by atoms with Gasteiger partial charge in [-0.25, -0.2) is 18.0 Å². The first kappa shape index (κ1) is 29.5. The van der Waals surface area contributed by atoms with Crippen molar-refractivity contribution < 1.29 is 37.5 Å². The second-order valence-corrected chi connectivity index (χ2v) is 10.3. The number of nitrogens with zero attached hydrogens (tertiary/aromatic N) is 3. The molecular weight excluding hydrogens is 504 g/mol. The Balaban J connectivity index is 1.59. The van der Waals surface area contributed by atoms with Crippen LogP contribution in [0, 0.1) is 17.1 Å². The van der Waals surface area contributed by atoms with Crippen molar-refractivity contribution in [1.29, 1.82) is 5.26 Å². The summed E-state index contributed by atoms with van der Waals surface area (Å²) < 4.78 is 45.9. The van der Waals surface area contributed by atoms with E-state index in [0.29, 0.717) is 24.9 Å². The molecule has 1 aromatic carbocycles. The van der Waals surface area contributed by atoms with Gasteiger partial charge in [0.05, 0.1) is 19.0 Å². The van der Waals surface area contributed by atoms with Crippen molar-refractivity contribution in [2.75, 3.05) is 26.2 Å². The van der Waals surface area contributed by atoms with Crippen LogP contribution in [-0.4, -0.2) is 88.7 Å². The predicted molar refractivity (Wildman–Crippen MR) is 132 cm³/mol. The van der Waals surface area contributed by atoms with Crippen LogP contribution in [-0.2, 0) is 16.0 Å². The minimum Gasteiger partial charge on any atom is -0.444 e. The van der Waals surface area contributed by atoms with E-state index in [1.165, 1.54) is 40.1 Å². The average Bonchev–Trinajstić information content (AvgIpc) is 3.23. The SMILES string of the molecule is CC(C)(/C=C(\C#N)C(=O)N1CCC[C@H](OC(=O)N[C@@H](Cc2ccc(F)cc2)B(O)O)C1)N1CCC(F)(F)C1. The van der Waals surface area contributed by atoms with Gasteiger partial charge in [0.2, 0.25) is 0 Å². The summed E-state index contributed by atoms with van der Waals surface area (Å²) in [5.74, 6) is -4.97. The molecule has 13 heteroatoms. The van der Waals surface area contributed by atoms with Gasteiger partial charge >= 0.3 is 13.2 Å². The molecule has 9 nitrogen and oxygen atoms in total. The molecule has 2 heterocycles. The molecule has 0 spiro atoms. The topological polar surface area (TPSA) is 126 Å². The highest BCUT2D eigenvalue weighted by Crippen LogP contribution is 2.33. The molecule has 38 heavy (non-hydrogen) atoms. The minimum absolute atomic E-state index is 0.0113. The van der Waals surface area contributed by atoms with E-state index in [9.17, 15) is 38.1 Å². The highest BCUT2D eigenvalue weighted by atomic mass is 19.3. The van der Waals surface area contributed by atoms with E-state index in [4.69, 9.17) is 4.74 Å². The van der Waals surface area contributed by atoms with E-state index in [1.54, 1.807) is 13.8 Å². The van der Waals surface area contributed by atoms with E-state index < -0.39 is 55.0 Å². The first-order valence-corrected chi connectivity index (χ1v) is 12.4. The molecule has 3 rings (SSSR count). The number of hydrogen-bond donors (Lipinski definition) is 3. The molecule has 0 aliphatic carbocycles. The van der Waals surface area contributed by atoms with Crippen molar-refractivity contribution in [2.45, 2.75) is 63.0 Å². The van der Waals surface area contributed by atoms with Crippen LogP contribution in [0.4, 0.5) is 18.0 Å². The molecule has 0 unspecified atom stereocenters. The second kappa shape index (κ2) is 12.2. The average molecular weight is 536 g/mol.